The molecule has 0 aliphatic carbocycles. The third-order valence-corrected chi connectivity index (χ3v) is 2.08. The molecule has 0 aromatic rings. The number of carbonyl (C=O) groups excluding carboxylic acids is 1. The zero-order chi connectivity index (χ0) is 10.4. The number of hydrogen-bond acceptors (Lipinski definition) is 3. The van der Waals surface area contributed by atoms with E-state index in [1.54, 1.807) is 12.0 Å². The number of ether oxygens (including phenoxy) is 2. The van der Waals surface area contributed by atoms with E-state index in [-0.39, 0.29) is 12.1 Å². The summed E-state index contributed by atoms with van der Waals surface area (Å²) < 4.78 is 10.1. The lowest BCUT2D eigenvalue weighted by atomic mass is 10.3. The average Bonchev–Trinajstić information content (AvgIpc) is 2.19. The summed E-state index contributed by atoms with van der Waals surface area (Å²) in [5.74, 6) is 0. The van der Waals surface area contributed by atoms with E-state index in [4.69, 9.17) is 9.47 Å². The van der Waals surface area contributed by atoms with Gasteiger partial charge in [0, 0.05) is 20.2 Å². The zero-order valence-corrected chi connectivity index (χ0v) is 8.78. The molecule has 5 heteroatoms. The van der Waals surface area contributed by atoms with E-state index < -0.39 is 0 Å². The van der Waals surface area contributed by atoms with Crippen molar-refractivity contribution in [2.45, 2.75) is 13.0 Å². The summed E-state index contributed by atoms with van der Waals surface area (Å²) in [6.07, 6.45) is 0. The van der Waals surface area contributed by atoms with Crippen molar-refractivity contribution in [1.82, 2.24) is 10.2 Å². The first-order valence-corrected chi connectivity index (χ1v) is 4.86. The monoisotopic (exact) mass is 202 g/mol. The molecule has 1 heterocycles. The van der Waals surface area contributed by atoms with Gasteiger partial charge in [-0.1, -0.05) is 0 Å². The van der Waals surface area contributed by atoms with Gasteiger partial charge < -0.3 is 19.7 Å². The molecule has 1 fully saturated rings. The maximum absolute atomic E-state index is 11.6. The molecule has 1 aliphatic heterocycles. The second-order valence-corrected chi connectivity index (χ2v) is 3.41. The SMILES string of the molecule is COCC(C)NC(=O)N1CCOCC1. The molecule has 1 aliphatic rings. The molecule has 2 amide bonds. The number of methoxy groups -OCH3 is 1. The van der Waals surface area contributed by atoms with Crippen molar-refractivity contribution >= 4 is 6.03 Å². The van der Waals surface area contributed by atoms with Gasteiger partial charge in [-0.15, -0.1) is 0 Å². The van der Waals surface area contributed by atoms with E-state index in [1.807, 2.05) is 6.92 Å². The molecule has 0 radical (unpaired) electrons. The Morgan fingerprint density at radius 1 is 1.57 bits per heavy atom. The molecule has 5 nitrogen and oxygen atoms in total. The Labute approximate surface area is 84.4 Å². The lowest BCUT2D eigenvalue weighted by Gasteiger charge is -2.28. The highest BCUT2D eigenvalue weighted by Crippen LogP contribution is 1.97. The molecule has 0 spiro atoms. The number of amides is 2. The van der Waals surface area contributed by atoms with E-state index >= 15 is 0 Å². The molecule has 1 rings (SSSR count). The summed E-state index contributed by atoms with van der Waals surface area (Å²) in [6.45, 7) is 5.06. The van der Waals surface area contributed by atoms with Gasteiger partial charge in [-0.05, 0) is 6.92 Å². The Balaban J connectivity index is 2.25. The van der Waals surface area contributed by atoms with Crippen LogP contribution >= 0.6 is 0 Å². The normalized spacial score (nSPS) is 19.1. The molecule has 0 aromatic heterocycles. The van der Waals surface area contributed by atoms with Gasteiger partial charge in [0.15, 0.2) is 0 Å². The number of morpholine rings is 1. The molecule has 82 valence electrons. The third kappa shape index (κ3) is 3.51. The van der Waals surface area contributed by atoms with Gasteiger partial charge in [0.05, 0.1) is 25.9 Å². The third-order valence-electron chi connectivity index (χ3n) is 2.08. The molecule has 0 bridgehead atoms. The summed E-state index contributed by atoms with van der Waals surface area (Å²) in [6, 6.07) is 0.0215. The Morgan fingerprint density at radius 2 is 2.21 bits per heavy atom. The molecule has 1 atom stereocenters. The number of carbonyl (C=O) groups is 1. The van der Waals surface area contributed by atoms with Crippen LogP contribution in [0.1, 0.15) is 6.92 Å². The first kappa shape index (κ1) is 11.3. The fourth-order valence-electron chi connectivity index (χ4n) is 1.36. The lowest BCUT2D eigenvalue weighted by Crippen LogP contribution is -2.49. The highest BCUT2D eigenvalue weighted by atomic mass is 16.5. The second-order valence-electron chi connectivity index (χ2n) is 3.41. The largest absolute Gasteiger partial charge is 0.383 e. The van der Waals surface area contributed by atoms with Crippen molar-refractivity contribution in [2.24, 2.45) is 0 Å². The number of urea groups is 1. The standard InChI is InChI=1S/C9H18N2O3/c1-8(7-13-2)10-9(12)11-3-5-14-6-4-11/h8H,3-7H2,1-2H3,(H,10,12). The van der Waals surface area contributed by atoms with Crippen LogP contribution in [-0.4, -0.2) is 57.0 Å². The van der Waals surface area contributed by atoms with Gasteiger partial charge >= 0.3 is 6.03 Å². The number of hydrogen-bond donors (Lipinski definition) is 1. The maximum Gasteiger partial charge on any atom is 0.317 e. The van der Waals surface area contributed by atoms with E-state index in [2.05, 4.69) is 5.32 Å². The van der Waals surface area contributed by atoms with Crippen LogP contribution in [0.3, 0.4) is 0 Å². The van der Waals surface area contributed by atoms with E-state index in [0.29, 0.717) is 32.9 Å². The molecular weight excluding hydrogens is 184 g/mol. The summed E-state index contributed by atoms with van der Waals surface area (Å²) in [5, 5.41) is 2.86. The first-order chi connectivity index (χ1) is 6.74. The molecule has 1 unspecified atom stereocenters. The summed E-state index contributed by atoms with van der Waals surface area (Å²) in [4.78, 5) is 13.3. The predicted molar refractivity (Wildman–Crippen MR) is 52.3 cm³/mol. The topological polar surface area (TPSA) is 50.8 Å². The van der Waals surface area contributed by atoms with Gasteiger partial charge in [0.25, 0.3) is 0 Å². The zero-order valence-electron chi connectivity index (χ0n) is 8.78. The predicted octanol–water partition coefficient (Wildman–Crippen LogP) is 0.0631. The summed E-state index contributed by atoms with van der Waals surface area (Å²) >= 11 is 0. The quantitative estimate of drug-likeness (QED) is 0.704. The molecular formula is C9H18N2O3. The minimum atomic E-state index is -0.0298. The fourth-order valence-corrected chi connectivity index (χ4v) is 1.36. The Hall–Kier alpha value is -0.810. The van der Waals surface area contributed by atoms with Crippen molar-refractivity contribution in [3.8, 4) is 0 Å². The van der Waals surface area contributed by atoms with Crippen molar-refractivity contribution in [2.75, 3.05) is 40.0 Å². The highest BCUT2D eigenvalue weighted by Gasteiger charge is 2.17. The number of nitrogens with zero attached hydrogens (tertiary/aromatic N) is 1. The fraction of sp³-hybridized carbons (Fsp3) is 0.889. The van der Waals surface area contributed by atoms with E-state index in [1.165, 1.54) is 0 Å². The van der Waals surface area contributed by atoms with Crippen molar-refractivity contribution in [3.63, 3.8) is 0 Å². The van der Waals surface area contributed by atoms with Crippen molar-refractivity contribution in [1.29, 1.82) is 0 Å². The van der Waals surface area contributed by atoms with Gasteiger partial charge in [-0.3, -0.25) is 0 Å². The van der Waals surface area contributed by atoms with Crippen LogP contribution in [0.2, 0.25) is 0 Å². The van der Waals surface area contributed by atoms with E-state index in [9.17, 15) is 4.79 Å². The molecule has 0 saturated carbocycles. The number of rotatable bonds is 3. The molecule has 14 heavy (non-hydrogen) atoms. The smallest absolute Gasteiger partial charge is 0.317 e. The molecule has 1 N–H and O–H groups in total. The van der Waals surface area contributed by atoms with Gasteiger partial charge in [-0.2, -0.15) is 0 Å². The summed E-state index contributed by atoms with van der Waals surface area (Å²) in [7, 11) is 1.62. The van der Waals surface area contributed by atoms with Crippen LogP contribution in [0.5, 0.6) is 0 Å². The van der Waals surface area contributed by atoms with E-state index in [0.717, 1.165) is 0 Å². The van der Waals surface area contributed by atoms with Gasteiger partial charge in [0.1, 0.15) is 0 Å². The second kappa shape index (κ2) is 5.82. The first-order valence-electron chi connectivity index (χ1n) is 4.86. The van der Waals surface area contributed by atoms with Gasteiger partial charge in [0.2, 0.25) is 0 Å². The lowest BCUT2D eigenvalue weighted by molar-refractivity contribution is 0.0516. The maximum atomic E-state index is 11.6. The van der Waals surface area contributed by atoms with Crippen LogP contribution in [-0.2, 0) is 9.47 Å². The van der Waals surface area contributed by atoms with Crippen molar-refractivity contribution in [3.05, 3.63) is 0 Å². The minimum absolute atomic E-state index is 0.0298. The van der Waals surface area contributed by atoms with Gasteiger partial charge in [-0.25, -0.2) is 4.79 Å². The Morgan fingerprint density at radius 3 is 2.79 bits per heavy atom. The molecule has 0 aromatic carbocycles. The van der Waals surface area contributed by atoms with Crippen LogP contribution < -0.4 is 5.32 Å². The molecule has 1 saturated heterocycles. The number of nitrogens with one attached hydrogen (secondary N) is 1. The van der Waals surface area contributed by atoms with Crippen molar-refractivity contribution < 1.29 is 14.3 Å². The van der Waals surface area contributed by atoms with Crippen LogP contribution in [0.25, 0.3) is 0 Å². The average molecular weight is 202 g/mol. The van der Waals surface area contributed by atoms with Crippen LogP contribution in [0.4, 0.5) is 4.79 Å². The Bertz CT molecular complexity index is 181. The highest BCUT2D eigenvalue weighted by molar-refractivity contribution is 5.74. The Kier molecular flexibility index (Phi) is 4.69. The van der Waals surface area contributed by atoms with Crippen LogP contribution in [0.15, 0.2) is 0 Å². The summed E-state index contributed by atoms with van der Waals surface area (Å²) in [5.41, 5.74) is 0. The van der Waals surface area contributed by atoms with Crippen LogP contribution in [0, 0.1) is 0 Å². The minimum Gasteiger partial charge on any atom is -0.383 e.